The molecule has 1 saturated heterocycles. The van der Waals surface area contributed by atoms with Gasteiger partial charge in [0.1, 0.15) is 11.1 Å². The van der Waals surface area contributed by atoms with Crippen LogP contribution >= 0.6 is 11.9 Å². The number of carbonyl (C=O) groups is 3. The van der Waals surface area contributed by atoms with Gasteiger partial charge in [-0.05, 0) is 56.5 Å². The maximum atomic E-state index is 12.8. The third-order valence-electron chi connectivity index (χ3n) is 6.69. The Balaban J connectivity index is 0.000000624. The van der Waals surface area contributed by atoms with Crippen molar-refractivity contribution in [3.63, 3.8) is 0 Å². The number of hydrogen-bond acceptors (Lipinski definition) is 8. The molecule has 2 aliphatic rings. The average Bonchev–Trinajstić information content (AvgIpc) is 2.95. The van der Waals surface area contributed by atoms with E-state index in [4.69, 9.17) is 15.6 Å². The molecule has 1 aromatic carbocycles. The van der Waals surface area contributed by atoms with Gasteiger partial charge in [-0.15, -0.1) is 0 Å². The van der Waals surface area contributed by atoms with E-state index >= 15 is 0 Å². The summed E-state index contributed by atoms with van der Waals surface area (Å²) in [7, 11) is 1.67. The van der Waals surface area contributed by atoms with E-state index in [9.17, 15) is 14.4 Å². The van der Waals surface area contributed by atoms with Gasteiger partial charge in [0, 0.05) is 18.8 Å². The van der Waals surface area contributed by atoms with E-state index in [2.05, 4.69) is 28.2 Å². The van der Waals surface area contributed by atoms with Crippen molar-refractivity contribution in [2.75, 3.05) is 33.4 Å². The van der Waals surface area contributed by atoms with Crippen LogP contribution in [-0.4, -0.2) is 57.1 Å². The fourth-order valence-corrected chi connectivity index (χ4v) is 4.84. The van der Waals surface area contributed by atoms with E-state index in [1.807, 2.05) is 30.3 Å². The molecule has 3 amide bonds. The minimum Gasteiger partial charge on any atom is -0.396 e. The number of hydrogen-bond donors (Lipinski definition) is 6. The summed E-state index contributed by atoms with van der Waals surface area (Å²) in [6, 6.07) is 8.47. The Morgan fingerprint density at radius 2 is 1.66 bits per heavy atom. The standard InChI is InChI=1S/C21H32N6O3S.C6H12O/c1-24-12-16(28)26-19(15-10-6-3-7-11-15)20(30)25-13-17(29)27-21(31-23)18(22)14-8-4-2-5-9-14;1-6-2-4-7-5-3-6/h2,4-5,8-9,15,19,24H,3,6-7,10-13,22-23H2,1H3,(H,25,30)(H,26,28)(H,27,29);6H,2-5H2,1H3/b21-18-;. The average molecular weight is 549 g/mol. The van der Waals surface area contributed by atoms with Crippen LogP contribution in [0.5, 0.6) is 0 Å². The van der Waals surface area contributed by atoms with Crippen molar-refractivity contribution >= 4 is 35.4 Å². The lowest BCUT2D eigenvalue weighted by molar-refractivity contribution is -0.131. The van der Waals surface area contributed by atoms with Crippen LogP contribution in [0.4, 0.5) is 0 Å². The van der Waals surface area contributed by atoms with Crippen LogP contribution < -0.4 is 32.1 Å². The third kappa shape index (κ3) is 11.4. The Labute approximate surface area is 230 Å². The molecule has 0 spiro atoms. The van der Waals surface area contributed by atoms with Crippen molar-refractivity contribution in [2.24, 2.45) is 22.7 Å². The van der Waals surface area contributed by atoms with Gasteiger partial charge in [-0.25, -0.2) is 0 Å². The van der Waals surface area contributed by atoms with Crippen LogP contribution in [0.15, 0.2) is 35.4 Å². The second kappa shape index (κ2) is 17.8. The van der Waals surface area contributed by atoms with Gasteiger partial charge in [0.2, 0.25) is 17.7 Å². The highest BCUT2D eigenvalue weighted by atomic mass is 32.2. The number of benzene rings is 1. The van der Waals surface area contributed by atoms with Crippen molar-refractivity contribution < 1.29 is 19.1 Å². The molecule has 11 heteroatoms. The maximum Gasteiger partial charge on any atom is 0.244 e. The zero-order valence-corrected chi connectivity index (χ0v) is 23.4. The maximum absolute atomic E-state index is 12.8. The molecule has 1 heterocycles. The van der Waals surface area contributed by atoms with E-state index in [0.717, 1.165) is 68.7 Å². The molecule has 0 bridgehead atoms. The van der Waals surface area contributed by atoms with Crippen LogP contribution in [0, 0.1) is 11.8 Å². The Kier molecular flexibility index (Phi) is 14.8. The summed E-state index contributed by atoms with van der Waals surface area (Å²) in [5, 5.41) is 16.8. The van der Waals surface area contributed by atoms with E-state index in [-0.39, 0.29) is 30.8 Å². The normalized spacial score (nSPS) is 17.8. The highest BCUT2D eigenvalue weighted by Gasteiger charge is 2.31. The van der Waals surface area contributed by atoms with Crippen molar-refractivity contribution in [1.29, 1.82) is 0 Å². The van der Waals surface area contributed by atoms with Crippen LogP contribution in [0.3, 0.4) is 0 Å². The lowest BCUT2D eigenvalue weighted by atomic mass is 9.83. The lowest BCUT2D eigenvalue weighted by Gasteiger charge is -2.30. The number of nitrogens with two attached hydrogens (primary N) is 2. The summed E-state index contributed by atoms with van der Waals surface area (Å²) in [5.41, 5.74) is 7.17. The summed E-state index contributed by atoms with van der Waals surface area (Å²) in [6.45, 7) is 4.12. The van der Waals surface area contributed by atoms with Gasteiger partial charge in [-0.1, -0.05) is 56.5 Å². The van der Waals surface area contributed by atoms with E-state index in [1.165, 1.54) is 12.8 Å². The first kappa shape index (κ1) is 31.6. The van der Waals surface area contributed by atoms with Crippen LogP contribution in [0.2, 0.25) is 0 Å². The molecule has 1 aliphatic carbocycles. The Morgan fingerprint density at radius 3 is 2.21 bits per heavy atom. The first-order chi connectivity index (χ1) is 18.3. The number of carbonyl (C=O) groups excluding carboxylic acids is 3. The first-order valence-corrected chi connectivity index (χ1v) is 14.2. The predicted molar refractivity (Wildman–Crippen MR) is 152 cm³/mol. The third-order valence-corrected chi connectivity index (χ3v) is 7.25. The minimum absolute atomic E-state index is 0.0568. The number of ether oxygens (including phenoxy) is 1. The molecule has 38 heavy (non-hydrogen) atoms. The van der Waals surface area contributed by atoms with Gasteiger partial charge in [0.25, 0.3) is 0 Å². The molecule has 1 unspecified atom stereocenters. The van der Waals surface area contributed by atoms with Crippen molar-refractivity contribution in [3.05, 3.63) is 40.9 Å². The van der Waals surface area contributed by atoms with Gasteiger partial charge in [-0.2, -0.15) is 0 Å². The lowest BCUT2D eigenvalue weighted by Crippen LogP contribution is -2.54. The molecule has 2 fully saturated rings. The molecule has 1 aromatic rings. The van der Waals surface area contributed by atoms with Gasteiger partial charge in [-0.3, -0.25) is 19.5 Å². The van der Waals surface area contributed by atoms with E-state index < -0.39 is 11.9 Å². The van der Waals surface area contributed by atoms with Crippen LogP contribution in [0.25, 0.3) is 5.70 Å². The highest BCUT2D eigenvalue weighted by Crippen LogP contribution is 2.26. The Morgan fingerprint density at radius 1 is 1.00 bits per heavy atom. The fraction of sp³-hybridized carbons (Fsp3) is 0.593. The Bertz CT molecular complexity index is 902. The second-order valence-electron chi connectivity index (χ2n) is 9.76. The number of amides is 3. The first-order valence-electron chi connectivity index (χ1n) is 13.4. The minimum atomic E-state index is -0.665. The van der Waals surface area contributed by atoms with E-state index in [1.54, 1.807) is 7.05 Å². The molecule has 1 atom stereocenters. The van der Waals surface area contributed by atoms with Crippen LogP contribution in [-0.2, 0) is 19.1 Å². The molecular formula is C27H44N6O4S. The molecule has 1 aliphatic heterocycles. The topological polar surface area (TPSA) is 161 Å². The van der Waals surface area contributed by atoms with Crippen molar-refractivity contribution in [1.82, 2.24) is 21.3 Å². The molecule has 0 aromatic heterocycles. The molecular weight excluding hydrogens is 504 g/mol. The second-order valence-corrected chi connectivity index (χ2v) is 10.4. The monoisotopic (exact) mass is 548 g/mol. The highest BCUT2D eigenvalue weighted by molar-refractivity contribution is 8.01. The zero-order chi connectivity index (χ0) is 27.8. The quantitative estimate of drug-likeness (QED) is 0.241. The predicted octanol–water partition coefficient (Wildman–Crippen LogP) is 1.83. The van der Waals surface area contributed by atoms with Gasteiger partial charge in [0.15, 0.2) is 0 Å². The van der Waals surface area contributed by atoms with E-state index in [0.29, 0.717) is 10.7 Å². The summed E-state index contributed by atoms with van der Waals surface area (Å²) in [5.74, 6) is -0.106. The summed E-state index contributed by atoms with van der Waals surface area (Å²) in [6.07, 6.45) is 7.45. The number of nitrogens with one attached hydrogen (secondary N) is 4. The van der Waals surface area contributed by atoms with Gasteiger partial charge >= 0.3 is 0 Å². The van der Waals surface area contributed by atoms with Crippen molar-refractivity contribution in [3.8, 4) is 0 Å². The molecule has 0 radical (unpaired) electrons. The van der Waals surface area contributed by atoms with Gasteiger partial charge in [0.05, 0.1) is 18.8 Å². The Hall–Kier alpha value is -2.60. The summed E-state index contributed by atoms with van der Waals surface area (Å²) < 4.78 is 5.14. The molecule has 10 nitrogen and oxygen atoms in total. The fourth-order valence-electron chi connectivity index (χ4n) is 4.42. The number of rotatable bonds is 10. The molecule has 3 rings (SSSR count). The summed E-state index contributed by atoms with van der Waals surface area (Å²) in [4.78, 5) is 37.3. The molecule has 1 saturated carbocycles. The summed E-state index contributed by atoms with van der Waals surface area (Å²) >= 11 is 0.824. The number of likely N-dealkylation sites (N-methyl/N-ethyl adjacent to an activating group) is 1. The van der Waals surface area contributed by atoms with Gasteiger partial charge < -0.3 is 31.7 Å². The van der Waals surface area contributed by atoms with Crippen molar-refractivity contribution in [2.45, 2.75) is 57.9 Å². The zero-order valence-electron chi connectivity index (χ0n) is 22.6. The molecule has 212 valence electrons. The largest absolute Gasteiger partial charge is 0.396 e. The SMILES string of the molecule is CC1CCOCC1.CNCC(=O)NC(C(=O)NCC(=O)N/C(SN)=C(/N)c1ccccc1)C1CCCCC1. The smallest absolute Gasteiger partial charge is 0.244 e. The van der Waals surface area contributed by atoms with Crippen LogP contribution in [0.1, 0.15) is 57.4 Å². The molecule has 8 N–H and O–H groups in total.